The van der Waals surface area contributed by atoms with Gasteiger partial charge in [-0.25, -0.2) is 4.79 Å². The molecule has 1 heterocycles. The SMILES string of the molecule is CC1C(C(=O)O)CCN1CC(=O)NC(=O)NC(C)(C)C. The first-order chi connectivity index (χ1) is 9.10. The number of hydrogen-bond donors (Lipinski definition) is 3. The Hall–Kier alpha value is -1.63. The molecule has 0 radical (unpaired) electrons. The Morgan fingerprint density at radius 2 is 1.90 bits per heavy atom. The molecule has 20 heavy (non-hydrogen) atoms. The van der Waals surface area contributed by atoms with Crippen LogP contribution in [-0.4, -0.2) is 52.6 Å². The molecule has 0 spiro atoms. The number of amides is 3. The highest BCUT2D eigenvalue weighted by Gasteiger charge is 2.36. The summed E-state index contributed by atoms with van der Waals surface area (Å²) < 4.78 is 0. The zero-order chi connectivity index (χ0) is 15.5. The van der Waals surface area contributed by atoms with Crippen molar-refractivity contribution in [3.63, 3.8) is 0 Å². The number of nitrogens with zero attached hydrogens (tertiary/aromatic N) is 1. The average Bonchev–Trinajstić information content (AvgIpc) is 2.57. The van der Waals surface area contributed by atoms with E-state index in [1.54, 1.807) is 11.8 Å². The van der Waals surface area contributed by atoms with Gasteiger partial charge in [0, 0.05) is 11.6 Å². The summed E-state index contributed by atoms with van der Waals surface area (Å²) in [7, 11) is 0. The van der Waals surface area contributed by atoms with E-state index < -0.39 is 29.4 Å². The molecular formula is C13H23N3O4. The van der Waals surface area contributed by atoms with E-state index in [1.807, 2.05) is 20.8 Å². The Kier molecular flexibility index (Phi) is 5.10. The largest absolute Gasteiger partial charge is 0.481 e. The summed E-state index contributed by atoms with van der Waals surface area (Å²) in [6.45, 7) is 7.81. The van der Waals surface area contributed by atoms with Gasteiger partial charge in [0.25, 0.3) is 0 Å². The molecule has 0 aromatic heterocycles. The van der Waals surface area contributed by atoms with Crippen molar-refractivity contribution in [1.82, 2.24) is 15.5 Å². The Labute approximate surface area is 118 Å². The van der Waals surface area contributed by atoms with Gasteiger partial charge < -0.3 is 10.4 Å². The number of imide groups is 1. The smallest absolute Gasteiger partial charge is 0.321 e. The number of hydrogen-bond acceptors (Lipinski definition) is 4. The molecule has 0 bridgehead atoms. The summed E-state index contributed by atoms with van der Waals surface area (Å²) in [5, 5.41) is 13.9. The summed E-state index contributed by atoms with van der Waals surface area (Å²) in [6, 6.07) is -0.743. The summed E-state index contributed by atoms with van der Waals surface area (Å²) in [6.07, 6.45) is 0.526. The quantitative estimate of drug-likeness (QED) is 0.697. The number of urea groups is 1. The van der Waals surface area contributed by atoms with Crippen molar-refractivity contribution in [3.05, 3.63) is 0 Å². The highest BCUT2D eigenvalue weighted by atomic mass is 16.4. The third-order valence-electron chi connectivity index (χ3n) is 3.29. The van der Waals surface area contributed by atoms with Crippen LogP contribution in [0.25, 0.3) is 0 Å². The molecule has 0 aliphatic carbocycles. The summed E-state index contributed by atoms with van der Waals surface area (Å²) in [5.41, 5.74) is -0.417. The minimum absolute atomic E-state index is 0.0303. The van der Waals surface area contributed by atoms with Crippen molar-refractivity contribution < 1.29 is 19.5 Å². The van der Waals surface area contributed by atoms with Gasteiger partial charge in [-0.15, -0.1) is 0 Å². The lowest BCUT2D eigenvalue weighted by Crippen LogP contribution is -2.50. The first-order valence-electron chi connectivity index (χ1n) is 6.69. The van der Waals surface area contributed by atoms with Crippen LogP contribution in [0.15, 0.2) is 0 Å². The van der Waals surface area contributed by atoms with Crippen molar-refractivity contribution >= 4 is 17.9 Å². The molecule has 3 N–H and O–H groups in total. The van der Waals surface area contributed by atoms with Crippen LogP contribution in [0.5, 0.6) is 0 Å². The van der Waals surface area contributed by atoms with Crippen molar-refractivity contribution in [2.45, 2.75) is 45.7 Å². The lowest BCUT2D eigenvalue weighted by atomic mass is 10.0. The topological polar surface area (TPSA) is 98.7 Å². The lowest BCUT2D eigenvalue weighted by Gasteiger charge is -2.23. The third-order valence-corrected chi connectivity index (χ3v) is 3.29. The van der Waals surface area contributed by atoms with Crippen molar-refractivity contribution in [1.29, 1.82) is 0 Å². The second-order valence-electron chi connectivity index (χ2n) is 6.20. The van der Waals surface area contributed by atoms with Gasteiger partial charge in [0.15, 0.2) is 0 Å². The minimum atomic E-state index is -0.842. The van der Waals surface area contributed by atoms with Crippen molar-refractivity contribution in [3.8, 4) is 0 Å². The van der Waals surface area contributed by atoms with Gasteiger partial charge in [0.05, 0.1) is 12.5 Å². The minimum Gasteiger partial charge on any atom is -0.481 e. The van der Waals surface area contributed by atoms with E-state index in [4.69, 9.17) is 5.11 Å². The standard InChI is InChI=1S/C13H23N3O4/c1-8-9(11(18)19)5-6-16(8)7-10(17)14-12(20)15-13(2,3)4/h8-9H,5-7H2,1-4H3,(H,18,19)(H2,14,15,17,20). The second-order valence-corrected chi connectivity index (χ2v) is 6.20. The maximum absolute atomic E-state index is 11.8. The predicted molar refractivity (Wildman–Crippen MR) is 73.2 cm³/mol. The normalized spacial score (nSPS) is 23.4. The molecule has 1 aliphatic rings. The first kappa shape index (κ1) is 16.4. The molecule has 3 amide bonds. The predicted octanol–water partition coefficient (Wildman–Crippen LogP) is 0.406. The number of aliphatic carboxylic acids is 1. The van der Waals surface area contributed by atoms with E-state index >= 15 is 0 Å². The number of carbonyl (C=O) groups excluding carboxylic acids is 2. The van der Waals surface area contributed by atoms with Gasteiger partial charge in [-0.3, -0.25) is 19.8 Å². The van der Waals surface area contributed by atoms with Crippen molar-refractivity contribution in [2.24, 2.45) is 5.92 Å². The van der Waals surface area contributed by atoms with Crippen LogP contribution in [0.4, 0.5) is 4.79 Å². The van der Waals surface area contributed by atoms with E-state index in [0.717, 1.165) is 0 Å². The van der Waals surface area contributed by atoms with Crippen LogP contribution in [0.3, 0.4) is 0 Å². The zero-order valence-electron chi connectivity index (χ0n) is 12.4. The second kappa shape index (κ2) is 6.21. The molecule has 1 fully saturated rings. The monoisotopic (exact) mass is 285 g/mol. The number of likely N-dealkylation sites (tertiary alicyclic amines) is 1. The summed E-state index contributed by atoms with van der Waals surface area (Å²) >= 11 is 0. The van der Waals surface area contributed by atoms with Gasteiger partial charge in [0.1, 0.15) is 0 Å². The van der Waals surface area contributed by atoms with Gasteiger partial charge in [-0.1, -0.05) is 0 Å². The van der Waals surface area contributed by atoms with Gasteiger partial charge in [0.2, 0.25) is 5.91 Å². The highest BCUT2D eigenvalue weighted by Crippen LogP contribution is 2.23. The number of carboxylic acids is 1. The maximum Gasteiger partial charge on any atom is 0.321 e. The Morgan fingerprint density at radius 1 is 1.30 bits per heavy atom. The molecule has 7 heteroatoms. The van der Waals surface area contributed by atoms with Gasteiger partial charge >= 0.3 is 12.0 Å². The molecule has 114 valence electrons. The molecular weight excluding hydrogens is 262 g/mol. The summed E-state index contributed by atoms with van der Waals surface area (Å²) in [5.74, 6) is -1.72. The number of rotatable bonds is 3. The molecule has 0 aromatic rings. The molecule has 0 aromatic carbocycles. The van der Waals surface area contributed by atoms with Gasteiger partial charge in [-0.2, -0.15) is 0 Å². The van der Waals surface area contributed by atoms with E-state index in [2.05, 4.69) is 10.6 Å². The maximum atomic E-state index is 11.8. The van der Waals surface area contributed by atoms with Crippen LogP contribution in [-0.2, 0) is 9.59 Å². The number of carbonyl (C=O) groups is 3. The fraction of sp³-hybridized carbons (Fsp3) is 0.769. The van der Waals surface area contributed by atoms with Crippen LogP contribution in [0, 0.1) is 5.92 Å². The van der Waals surface area contributed by atoms with Gasteiger partial charge in [-0.05, 0) is 40.7 Å². The van der Waals surface area contributed by atoms with E-state index in [0.29, 0.717) is 13.0 Å². The summed E-state index contributed by atoms with van der Waals surface area (Å²) in [4.78, 5) is 36.1. The average molecular weight is 285 g/mol. The van der Waals surface area contributed by atoms with E-state index in [1.165, 1.54) is 0 Å². The third kappa shape index (κ3) is 4.80. The number of nitrogens with one attached hydrogen (secondary N) is 2. The fourth-order valence-electron chi connectivity index (χ4n) is 2.28. The van der Waals surface area contributed by atoms with Crippen LogP contribution < -0.4 is 10.6 Å². The van der Waals surface area contributed by atoms with E-state index in [-0.39, 0.29) is 12.6 Å². The van der Waals surface area contributed by atoms with Crippen LogP contribution >= 0.6 is 0 Å². The molecule has 2 atom stereocenters. The molecule has 0 saturated carbocycles. The Balaban J connectivity index is 2.44. The van der Waals surface area contributed by atoms with E-state index in [9.17, 15) is 14.4 Å². The first-order valence-corrected chi connectivity index (χ1v) is 6.69. The lowest BCUT2D eigenvalue weighted by molar-refractivity contribution is -0.142. The Morgan fingerprint density at radius 3 is 2.35 bits per heavy atom. The molecule has 1 rings (SSSR count). The molecule has 1 saturated heterocycles. The Bertz CT molecular complexity index is 403. The molecule has 7 nitrogen and oxygen atoms in total. The fourth-order valence-corrected chi connectivity index (χ4v) is 2.28. The number of carboxylic acid groups (broad SMARTS) is 1. The highest BCUT2D eigenvalue weighted by molar-refractivity contribution is 5.95. The molecule has 2 unspecified atom stereocenters. The molecule has 1 aliphatic heterocycles. The van der Waals surface area contributed by atoms with Crippen LogP contribution in [0.1, 0.15) is 34.1 Å². The van der Waals surface area contributed by atoms with Crippen molar-refractivity contribution in [2.75, 3.05) is 13.1 Å². The van der Waals surface area contributed by atoms with Crippen LogP contribution in [0.2, 0.25) is 0 Å². The zero-order valence-corrected chi connectivity index (χ0v) is 12.4.